The highest BCUT2D eigenvalue weighted by molar-refractivity contribution is 5.83. The van der Waals surface area contributed by atoms with E-state index in [1.54, 1.807) is 0 Å². The number of carboxylic acid groups (broad SMARTS) is 1. The van der Waals surface area contributed by atoms with Gasteiger partial charge in [-0.2, -0.15) is 0 Å². The van der Waals surface area contributed by atoms with E-state index < -0.39 is 12.0 Å². The van der Waals surface area contributed by atoms with Crippen molar-refractivity contribution in [2.45, 2.75) is 219 Å². The summed E-state index contributed by atoms with van der Waals surface area (Å²) in [6.45, 7) is 4.87. The van der Waals surface area contributed by atoms with Gasteiger partial charge in [-0.05, 0) is 96.1 Å². The van der Waals surface area contributed by atoms with Gasteiger partial charge in [0.05, 0.1) is 0 Å². The van der Waals surface area contributed by atoms with Crippen molar-refractivity contribution in [1.29, 1.82) is 0 Å². The third kappa shape index (κ3) is 35.8. The van der Waals surface area contributed by atoms with Crippen LogP contribution in [0.15, 0.2) is 36.5 Å². The van der Waals surface area contributed by atoms with Gasteiger partial charge in [-0.25, -0.2) is 4.79 Å². The second-order valence-electron chi connectivity index (χ2n) is 14.4. The molecule has 0 spiro atoms. The Morgan fingerprint density at radius 1 is 0.588 bits per heavy atom. The number of nitrogens with two attached hydrogens (primary N) is 1. The summed E-state index contributed by atoms with van der Waals surface area (Å²) in [4.78, 5) is 36.2. The SMILES string of the molecule is CCCCC/C=C\C(CCCCCCC(=O)NC(CCCN)C(=O)O)OC(=O)CCCCCCCCCCC/C=C\C/C=C\CCCCCCC. The molecule has 0 aromatic carbocycles. The molecule has 0 saturated heterocycles. The summed E-state index contributed by atoms with van der Waals surface area (Å²) in [6.07, 6.45) is 45.1. The van der Waals surface area contributed by atoms with Gasteiger partial charge in [0.15, 0.2) is 0 Å². The number of nitrogens with one attached hydrogen (secondary N) is 1. The molecule has 0 aromatic rings. The summed E-state index contributed by atoms with van der Waals surface area (Å²) < 4.78 is 5.88. The molecule has 1 amide bonds. The molecule has 51 heavy (non-hydrogen) atoms. The summed E-state index contributed by atoms with van der Waals surface area (Å²) in [6, 6.07) is -0.870. The second-order valence-corrected chi connectivity index (χ2v) is 14.4. The zero-order valence-corrected chi connectivity index (χ0v) is 33.2. The Hall–Kier alpha value is -2.41. The Morgan fingerprint density at radius 2 is 1.08 bits per heavy atom. The molecular formula is C44H80N2O5. The van der Waals surface area contributed by atoms with E-state index in [0.717, 1.165) is 57.8 Å². The van der Waals surface area contributed by atoms with Gasteiger partial charge < -0.3 is 20.9 Å². The van der Waals surface area contributed by atoms with E-state index in [1.807, 2.05) is 0 Å². The fraction of sp³-hybridized carbons (Fsp3) is 0.795. The number of allylic oxidation sites excluding steroid dienone is 5. The molecule has 0 bridgehead atoms. The van der Waals surface area contributed by atoms with Crippen LogP contribution >= 0.6 is 0 Å². The van der Waals surface area contributed by atoms with Crippen LogP contribution < -0.4 is 11.1 Å². The van der Waals surface area contributed by atoms with Crippen molar-refractivity contribution in [3.05, 3.63) is 36.5 Å². The quantitative estimate of drug-likeness (QED) is 0.0332. The van der Waals surface area contributed by atoms with Gasteiger partial charge in [-0.3, -0.25) is 9.59 Å². The third-order valence-electron chi connectivity index (χ3n) is 9.41. The molecule has 0 aromatic heterocycles. The molecule has 0 aliphatic rings. The number of hydrogen-bond donors (Lipinski definition) is 3. The predicted octanol–water partition coefficient (Wildman–Crippen LogP) is 11.8. The Labute approximate surface area is 314 Å². The van der Waals surface area contributed by atoms with Crippen LogP contribution in [-0.4, -0.2) is 41.6 Å². The maximum atomic E-state index is 12.6. The van der Waals surface area contributed by atoms with E-state index >= 15 is 0 Å². The molecule has 0 rings (SSSR count). The number of esters is 1. The minimum Gasteiger partial charge on any atom is -0.480 e. The van der Waals surface area contributed by atoms with E-state index in [0.29, 0.717) is 38.6 Å². The molecule has 296 valence electrons. The van der Waals surface area contributed by atoms with Crippen LogP contribution in [0.5, 0.6) is 0 Å². The minimum absolute atomic E-state index is 0.0969. The zero-order chi connectivity index (χ0) is 37.5. The molecule has 0 aliphatic heterocycles. The number of unbranched alkanes of at least 4 members (excludes halogenated alkanes) is 20. The highest BCUT2D eigenvalue weighted by Gasteiger charge is 2.19. The molecule has 4 N–H and O–H groups in total. The van der Waals surface area contributed by atoms with Crippen molar-refractivity contribution in [3.63, 3.8) is 0 Å². The number of carbonyl (C=O) groups is 3. The van der Waals surface area contributed by atoms with Crippen LogP contribution in [0.4, 0.5) is 0 Å². The Balaban J connectivity index is 4.02. The number of carbonyl (C=O) groups excluding carboxylic acids is 2. The number of carboxylic acids is 1. The molecule has 7 heteroatoms. The first-order valence-electron chi connectivity index (χ1n) is 21.3. The second kappa shape index (κ2) is 38.8. The lowest BCUT2D eigenvalue weighted by molar-refractivity contribution is -0.147. The van der Waals surface area contributed by atoms with Gasteiger partial charge >= 0.3 is 11.9 Å². The van der Waals surface area contributed by atoms with Gasteiger partial charge in [0.25, 0.3) is 0 Å². The number of rotatable bonds is 38. The standard InChI is InChI=1S/C44H80N2O5/c1-3-5-7-9-10-11-12-13-14-15-16-17-18-19-20-21-22-23-24-26-32-38-43(48)51-40(34-29-25-8-6-4-2)35-30-27-28-31-37-42(47)46-41(44(49)50)36-33-39-45/h12-13,15-16,29,34,40-41H,3-11,14,17-28,30-33,35-39,45H2,1-2H3,(H,46,47)(H,49,50)/b13-12-,16-15-,34-29-. The Bertz CT molecular complexity index is 900. The first kappa shape index (κ1) is 48.6. The van der Waals surface area contributed by atoms with Crippen LogP contribution in [0, 0.1) is 0 Å². The average Bonchev–Trinajstić information content (AvgIpc) is 3.11. The molecule has 0 radical (unpaired) electrons. The smallest absolute Gasteiger partial charge is 0.326 e. The molecule has 0 fully saturated rings. The summed E-state index contributed by atoms with van der Waals surface area (Å²) in [7, 11) is 0. The maximum absolute atomic E-state index is 12.6. The number of hydrogen-bond acceptors (Lipinski definition) is 5. The molecule has 2 atom stereocenters. The van der Waals surface area contributed by atoms with E-state index in [9.17, 15) is 19.5 Å². The van der Waals surface area contributed by atoms with Gasteiger partial charge in [0.1, 0.15) is 12.1 Å². The van der Waals surface area contributed by atoms with Crippen LogP contribution in [0.25, 0.3) is 0 Å². The monoisotopic (exact) mass is 717 g/mol. The van der Waals surface area contributed by atoms with Crippen LogP contribution in [0.3, 0.4) is 0 Å². The molecule has 0 aliphatic carbocycles. The molecular weight excluding hydrogens is 636 g/mol. The first-order valence-corrected chi connectivity index (χ1v) is 21.3. The van der Waals surface area contributed by atoms with E-state index in [4.69, 9.17) is 10.5 Å². The number of ether oxygens (including phenoxy) is 1. The van der Waals surface area contributed by atoms with Gasteiger partial charge in [-0.1, -0.05) is 141 Å². The Morgan fingerprint density at radius 3 is 1.67 bits per heavy atom. The van der Waals surface area contributed by atoms with Crippen molar-refractivity contribution in [3.8, 4) is 0 Å². The van der Waals surface area contributed by atoms with E-state index in [2.05, 4.69) is 55.6 Å². The van der Waals surface area contributed by atoms with E-state index in [-0.39, 0.29) is 18.0 Å². The lowest BCUT2D eigenvalue weighted by Crippen LogP contribution is -2.40. The molecule has 7 nitrogen and oxygen atoms in total. The highest BCUT2D eigenvalue weighted by Crippen LogP contribution is 2.16. The molecule has 0 saturated carbocycles. The normalized spacial score (nSPS) is 13.0. The Kier molecular flexibility index (Phi) is 37.0. The topological polar surface area (TPSA) is 119 Å². The predicted molar refractivity (Wildman–Crippen MR) is 216 cm³/mol. The van der Waals surface area contributed by atoms with Gasteiger partial charge in [-0.15, -0.1) is 0 Å². The van der Waals surface area contributed by atoms with Crippen LogP contribution in [-0.2, 0) is 19.1 Å². The summed E-state index contributed by atoms with van der Waals surface area (Å²) >= 11 is 0. The molecule has 2 unspecified atom stereocenters. The van der Waals surface area contributed by atoms with E-state index in [1.165, 1.54) is 103 Å². The number of amides is 1. The van der Waals surface area contributed by atoms with Crippen molar-refractivity contribution >= 4 is 17.8 Å². The molecule has 0 heterocycles. The summed E-state index contributed by atoms with van der Waals surface area (Å²) in [5, 5.41) is 11.9. The lowest BCUT2D eigenvalue weighted by atomic mass is 10.1. The fourth-order valence-corrected chi connectivity index (χ4v) is 6.15. The van der Waals surface area contributed by atoms with Gasteiger partial charge in [0.2, 0.25) is 5.91 Å². The summed E-state index contributed by atoms with van der Waals surface area (Å²) in [5.74, 6) is -1.34. The van der Waals surface area contributed by atoms with Crippen molar-refractivity contribution < 1.29 is 24.2 Å². The van der Waals surface area contributed by atoms with Crippen molar-refractivity contribution in [2.75, 3.05) is 6.54 Å². The van der Waals surface area contributed by atoms with Gasteiger partial charge in [0, 0.05) is 12.8 Å². The first-order chi connectivity index (χ1) is 24.9. The highest BCUT2D eigenvalue weighted by atomic mass is 16.5. The van der Waals surface area contributed by atoms with Crippen molar-refractivity contribution in [1.82, 2.24) is 5.32 Å². The average molecular weight is 717 g/mol. The summed E-state index contributed by atoms with van der Waals surface area (Å²) in [5.41, 5.74) is 5.47. The lowest BCUT2D eigenvalue weighted by Gasteiger charge is -2.15. The fourth-order valence-electron chi connectivity index (χ4n) is 6.15. The zero-order valence-electron chi connectivity index (χ0n) is 33.2. The largest absolute Gasteiger partial charge is 0.480 e. The van der Waals surface area contributed by atoms with Crippen LogP contribution in [0.1, 0.15) is 206 Å². The maximum Gasteiger partial charge on any atom is 0.326 e. The van der Waals surface area contributed by atoms with Crippen LogP contribution in [0.2, 0.25) is 0 Å². The third-order valence-corrected chi connectivity index (χ3v) is 9.41. The minimum atomic E-state index is -1.02. The van der Waals surface area contributed by atoms with Crippen molar-refractivity contribution in [2.24, 2.45) is 5.73 Å². The number of aliphatic carboxylic acids is 1.